The molecule has 1 aromatic heterocycles. The number of ketones is 1. The van der Waals surface area contributed by atoms with Crippen LogP contribution < -0.4 is 10.1 Å². The van der Waals surface area contributed by atoms with Crippen molar-refractivity contribution in [2.24, 2.45) is 0 Å². The number of aromatic nitrogens is 1. The smallest absolute Gasteiger partial charge is 0.326 e. The Morgan fingerprint density at radius 3 is 2.75 bits per heavy atom. The van der Waals surface area contributed by atoms with E-state index in [1.54, 1.807) is 0 Å². The first kappa shape index (κ1) is 18.9. The first-order valence-corrected chi connectivity index (χ1v) is 6.79. The zero-order chi connectivity index (χ0) is 18.1. The number of hydrogen-bond donors (Lipinski definition) is 3. The molecule has 128 valence electrons. The number of hydrogen-bond acceptors (Lipinski definition) is 6. The third-order valence-corrected chi connectivity index (χ3v) is 3.03. The van der Waals surface area contributed by atoms with E-state index in [4.69, 9.17) is 15.4 Å². The van der Waals surface area contributed by atoms with Crippen molar-refractivity contribution in [3.8, 4) is 5.75 Å². The maximum Gasteiger partial charge on any atom is 0.326 e. The number of nitrogens with zero attached hydrogens (tertiary/aromatic N) is 3. The third kappa shape index (κ3) is 5.59. The molecule has 0 saturated heterocycles. The van der Waals surface area contributed by atoms with E-state index in [2.05, 4.69) is 15.1 Å². The van der Waals surface area contributed by atoms with Crippen LogP contribution in [0.1, 0.15) is 24.5 Å². The molecule has 3 N–H and O–H groups in total. The van der Waals surface area contributed by atoms with E-state index in [0.29, 0.717) is 12.0 Å². The zero-order valence-corrected chi connectivity index (χ0v) is 12.7. The Hall–Kier alpha value is -3.10. The molecule has 0 aliphatic heterocycles. The van der Waals surface area contributed by atoms with E-state index in [9.17, 15) is 19.5 Å². The highest BCUT2D eigenvalue weighted by Gasteiger charge is 2.26. The molecule has 0 aliphatic carbocycles. The van der Waals surface area contributed by atoms with Gasteiger partial charge in [-0.2, -0.15) is 4.79 Å². The van der Waals surface area contributed by atoms with Crippen LogP contribution in [0.15, 0.2) is 18.5 Å². The molecule has 0 aliphatic rings. The first-order valence-electron chi connectivity index (χ1n) is 6.79. The summed E-state index contributed by atoms with van der Waals surface area (Å²) in [7, 11) is 1.39. The molecule has 1 heterocycles. The van der Waals surface area contributed by atoms with Crippen LogP contribution in [0.2, 0.25) is 0 Å². The number of methoxy groups -OCH3 is 1. The number of carboxylic acid groups (broad SMARTS) is 1. The van der Waals surface area contributed by atoms with Gasteiger partial charge in [-0.25, -0.2) is 4.79 Å². The summed E-state index contributed by atoms with van der Waals surface area (Å²) in [6.07, 6.45) is 1.13. The van der Waals surface area contributed by atoms with Crippen molar-refractivity contribution in [3.05, 3.63) is 29.6 Å². The Morgan fingerprint density at radius 1 is 1.46 bits per heavy atom. The number of ether oxygens (including phenoxy) is 1. The van der Waals surface area contributed by atoms with Gasteiger partial charge in [0.2, 0.25) is 5.78 Å². The third-order valence-electron chi connectivity index (χ3n) is 3.03. The second kappa shape index (κ2) is 9.13. The highest BCUT2D eigenvalue weighted by molar-refractivity contribution is 6.25. The van der Waals surface area contributed by atoms with E-state index in [-0.39, 0.29) is 18.4 Å². The van der Waals surface area contributed by atoms with Gasteiger partial charge in [-0.05, 0) is 12.5 Å². The molecule has 0 unspecified atom stereocenters. The molecule has 0 fully saturated rings. The summed E-state index contributed by atoms with van der Waals surface area (Å²) >= 11 is 0. The summed E-state index contributed by atoms with van der Waals surface area (Å²) in [5.41, 5.74) is 8.34. The Bertz CT molecular complexity index is 671. The second-order valence-electron chi connectivity index (χ2n) is 4.71. The lowest BCUT2D eigenvalue weighted by molar-refractivity contribution is -0.143. The lowest BCUT2D eigenvalue weighted by Crippen LogP contribution is -2.43. The van der Waals surface area contributed by atoms with Crippen LogP contribution in [0.25, 0.3) is 5.53 Å². The Morgan fingerprint density at radius 2 is 2.17 bits per heavy atom. The zero-order valence-electron chi connectivity index (χ0n) is 12.7. The van der Waals surface area contributed by atoms with E-state index >= 15 is 0 Å². The summed E-state index contributed by atoms with van der Waals surface area (Å²) < 4.78 is 4.92. The minimum absolute atomic E-state index is 0.125. The van der Waals surface area contributed by atoms with Crippen molar-refractivity contribution in [1.29, 1.82) is 0 Å². The molecular formula is C14H16N4O6. The Balaban J connectivity index is 2.74. The fraction of sp³-hybridized carbons (Fsp3) is 0.357. The molecule has 0 aromatic carbocycles. The van der Waals surface area contributed by atoms with Gasteiger partial charge in [0, 0.05) is 18.2 Å². The maximum atomic E-state index is 12.0. The molecule has 1 aromatic rings. The average Bonchev–Trinajstić information content (AvgIpc) is 2.57. The van der Waals surface area contributed by atoms with Crippen molar-refractivity contribution in [1.82, 2.24) is 10.3 Å². The van der Waals surface area contributed by atoms with Crippen LogP contribution in [-0.2, 0) is 14.4 Å². The number of nitrogens with one attached hydrogen (secondary N) is 1. The molecule has 24 heavy (non-hydrogen) atoms. The number of aliphatic hydroxyl groups is 1. The van der Waals surface area contributed by atoms with Gasteiger partial charge in [0.05, 0.1) is 13.3 Å². The fourth-order valence-corrected chi connectivity index (χ4v) is 1.77. The number of rotatable bonds is 9. The van der Waals surface area contributed by atoms with Crippen LogP contribution in [0.3, 0.4) is 0 Å². The molecule has 10 nitrogen and oxygen atoms in total. The topological polar surface area (TPSA) is 162 Å². The van der Waals surface area contributed by atoms with Gasteiger partial charge in [-0.15, -0.1) is 0 Å². The van der Waals surface area contributed by atoms with Gasteiger partial charge in [0.1, 0.15) is 11.8 Å². The normalized spacial score (nSPS) is 12.4. The molecular weight excluding hydrogens is 320 g/mol. The number of carboxylic acids is 1. The molecule has 1 rings (SSSR count). The molecule has 0 radical (unpaired) electrons. The van der Waals surface area contributed by atoms with E-state index in [1.165, 1.54) is 25.6 Å². The Labute approximate surface area is 136 Å². The summed E-state index contributed by atoms with van der Waals surface area (Å²) in [4.78, 5) is 40.6. The van der Waals surface area contributed by atoms with E-state index in [0.717, 1.165) is 0 Å². The van der Waals surface area contributed by atoms with Gasteiger partial charge in [-0.3, -0.25) is 14.6 Å². The van der Waals surface area contributed by atoms with Gasteiger partial charge < -0.3 is 25.8 Å². The molecule has 2 atom stereocenters. The number of carbonyl (C=O) groups excluding carboxylic acids is 2. The molecule has 1 amide bonds. The van der Waals surface area contributed by atoms with Crippen LogP contribution in [-0.4, -0.2) is 57.0 Å². The van der Waals surface area contributed by atoms with Crippen LogP contribution >= 0.6 is 0 Å². The SMILES string of the molecule is COc1cncc([C@@H](O)C(=O)N[C@@H](CCC(=O)C=[N+]=[N-])C(=O)O)c1. The van der Waals surface area contributed by atoms with Gasteiger partial charge in [-0.1, -0.05) is 0 Å². The summed E-state index contributed by atoms with van der Waals surface area (Å²) in [6, 6.07) is -0.00407. The number of aliphatic hydroxyl groups excluding tert-OH is 1. The highest BCUT2D eigenvalue weighted by atomic mass is 16.5. The quantitative estimate of drug-likeness (QED) is 0.306. The molecule has 0 spiro atoms. The van der Waals surface area contributed by atoms with Crippen LogP contribution in [0.4, 0.5) is 0 Å². The highest BCUT2D eigenvalue weighted by Crippen LogP contribution is 2.18. The predicted molar refractivity (Wildman–Crippen MR) is 79.2 cm³/mol. The minimum atomic E-state index is -1.65. The molecule has 0 saturated carbocycles. The van der Waals surface area contributed by atoms with Gasteiger partial charge >= 0.3 is 12.2 Å². The van der Waals surface area contributed by atoms with Crippen molar-refractivity contribution in [2.75, 3.05) is 7.11 Å². The lowest BCUT2D eigenvalue weighted by Gasteiger charge is -2.17. The number of amides is 1. The monoisotopic (exact) mass is 336 g/mol. The minimum Gasteiger partial charge on any atom is -0.495 e. The maximum absolute atomic E-state index is 12.0. The molecule has 0 bridgehead atoms. The largest absolute Gasteiger partial charge is 0.495 e. The summed E-state index contributed by atoms with van der Waals surface area (Å²) in [6.45, 7) is 0. The first-order chi connectivity index (χ1) is 11.4. The fourth-order valence-electron chi connectivity index (χ4n) is 1.77. The van der Waals surface area contributed by atoms with Gasteiger partial charge in [0.25, 0.3) is 5.91 Å². The van der Waals surface area contributed by atoms with Crippen molar-refractivity contribution < 1.29 is 34.1 Å². The van der Waals surface area contributed by atoms with Crippen molar-refractivity contribution in [3.63, 3.8) is 0 Å². The predicted octanol–water partition coefficient (Wildman–Crippen LogP) is -0.657. The van der Waals surface area contributed by atoms with Crippen molar-refractivity contribution >= 4 is 23.9 Å². The van der Waals surface area contributed by atoms with Crippen LogP contribution in [0, 0.1) is 0 Å². The van der Waals surface area contributed by atoms with Gasteiger partial charge in [0.15, 0.2) is 6.10 Å². The summed E-state index contributed by atoms with van der Waals surface area (Å²) in [5, 5.41) is 21.2. The number of aliphatic carboxylic acids is 1. The van der Waals surface area contributed by atoms with Crippen LogP contribution in [0.5, 0.6) is 5.75 Å². The number of pyridine rings is 1. The standard InChI is InChI=1S/C14H16N4O6/c1-24-10-4-8(5-16-7-10)12(20)13(21)18-11(14(22)23)3-2-9(19)6-17-15/h4-7,11-12,20H,2-3H2,1H3,(H,18,21)(H,22,23)/t11-,12+/m0/s1. The summed E-state index contributed by atoms with van der Waals surface area (Å²) in [5.74, 6) is -2.60. The lowest BCUT2D eigenvalue weighted by atomic mass is 10.1. The Kier molecular flexibility index (Phi) is 7.21. The number of Topliss-reactive ketones (excluding diaryl/α,β-unsaturated/α-hetero) is 1. The molecule has 10 heteroatoms. The van der Waals surface area contributed by atoms with E-state index in [1.807, 2.05) is 0 Å². The van der Waals surface area contributed by atoms with Crippen molar-refractivity contribution in [2.45, 2.75) is 25.0 Å². The van der Waals surface area contributed by atoms with E-state index < -0.39 is 29.8 Å². The second-order valence-corrected chi connectivity index (χ2v) is 4.71. The number of carbonyl (C=O) groups is 3. The average molecular weight is 336 g/mol.